The zero-order valence-electron chi connectivity index (χ0n) is 11.9. The maximum atomic E-state index is 11.9. The number of halogens is 1. The molecule has 110 valence electrons. The van der Waals surface area contributed by atoms with E-state index in [1.54, 1.807) is 24.3 Å². The van der Waals surface area contributed by atoms with Crippen molar-refractivity contribution in [2.24, 2.45) is 0 Å². The normalized spacial score (nSPS) is 17.5. The van der Waals surface area contributed by atoms with E-state index in [9.17, 15) is 4.79 Å². The molecule has 1 heterocycles. The van der Waals surface area contributed by atoms with Crippen molar-refractivity contribution in [3.63, 3.8) is 0 Å². The molecule has 2 N–H and O–H groups in total. The van der Waals surface area contributed by atoms with Gasteiger partial charge in [0.15, 0.2) is 0 Å². The van der Waals surface area contributed by atoms with E-state index >= 15 is 0 Å². The van der Waals surface area contributed by atoms with Crippen LogP contribution in [-0.2, 0) is 0 Å². The molecule has 1 atom stereocenters. The van der Waals surface area contributed by atoms with E-state index < -0.39 is 0 Å². The minimum atomic E-state index is -0.170. The van der Waals surface area contributed by atoms with Gasteiger partial charge in [0.05, 0.1) is 0 Å². The first-order valence-corrected chi connectivity index (χ1v) is 7.57. The average molecular weight is 296 g/mol. The fourth-order valence-electron chi connectivity index (χ4n) is 2.50. The molecule has 1 aromatic rings. The Morgan fingerprint density at radius 3 is 2.55 bits per heavy atom. The number of benzene rings is 1. The number of anilines is 1. The van der Waals surface area contributed by atoms with Crippen molar-refractivity contribution >= 4 is 23.3 Å². The Morgan fingerprint density at radius 2 is 1.90 bits per heavy atom. The van der Waals surface area contributed by atoms with Gasteiger partial charge in [-0.25, -0.2) is 4.79 Å². The van der Waals surface area contributed by atoms with Gasteiger partial charge in [0.2, 0.25) is 0 Å². The number of nitrogens with one attached hydrogen (secondary N) is 2. The van der Waals surface area contributed by atoms with Gasteiger partial charge in [-0.15, -0.1) is 0 Å². The highest BCUT2D eigenvalue weighted by atomic mass is 35.5. The van der Waals surface area contributed by atoms with Gasteiger partial charge in [0.25, 0.3) is 0 Å². The molecule has 1 aromatic carbocycles. The SMILES string of the molecule is CC(CN1CCCCC1)NC(=O)Nc1ccc(Cl)cc1. The second-order valence-electron chi connectivity index (χ2n) is 5.37. The molecule has 2 amide bonds. The third-order valence-corrected chi connectivity index (χ3v) is 3.71. The molecule has 5 heteroatoms. The fourth-order valence-corrected chi connectivity index (χ4v) is 2.63. The third kappa shape index (κ3) is 5.02. The Bertz CT molecular complexity index is 429. The van der Waals surface area contributed by atoms with Crippen molar-refractivity contribution in [3.05, 3.63) is 29.3 Å². The van der Waals surface area contributed by atoms with Gasteiger partial charge in [-0.3, -0.25) is 0 Å². The van der Waals surface area contributed by atoms with Gasteiger partial charge in [-0.1, -0.05) is 18.0 Å². The van der Waals surface area contributed by atoms with E-state index in [2.05, 4.69) is 15.5 Å². The minimum Gasteiger partial charge on any atom is -0.334 e. The first-order chi connectivity index (χ1) is 9.63. The number of piperidine rings is 1. The van der Waals surface area contributed by atoms with Gasteiger partial charge in [-0.05, 0) is 57.1 Å². The van der Waals surface area contributed by atoms with E-state index in [4.69, 9.17) is 11.6 Å². The number of amides is 2. The summed E-state index contributed by atoms with van der Waals surface area (Å²) in [7, 11) is 0. The lowest BCUT2D eigenvalue weighted by Crippen LogP contribution is -2.45. The number of carbonyl (C=O) groups excluding carboxylic acids is 1. The van der Waals surface area contributed by atoms with Gasteiger partial charge in [-0.2, -0.15) is 0 Å². The van der Waals surface area contributed by atoms with E-state index in [1.165, 1.54) is 19.3 Å². The van der Waals surface area contributed by atoms with Crippen LogP contribution in [0, 0.1) is 0 Å². The maximum Gasteiger partial charge on any atom is 0.319 e. The Kier molecular flexibility index (Phi) is 5.68. The molecular formula is C15H22ClN3O. The predicted octanol–water partition coefficient (Wildman–Crippen LogP) is 3.34. The molecule has 4 nitrogen and oxygen atoms in total. The molecule has 1 aliphatic heterocycles. The minimum absolute atomic E-state index is 0.139. The van der Waals surface area contributed by atoms with E-state index in [1.807, 2.05) is 6.92 Å². The smallest absolute Gasteiger partial charge is 0.319 e. The number of likely N-dealkylation sites (tertiary alicyclic amines) is 1. The van der Waals surface area contributed by atoms with E-state index in [-0.39, 0.29) is 12.1 Å². The highest BCUT2D eigenvalue weighted by molar-refractivity contribution is 6.30. The van der Waals surface area contributed by atoms with Crippen molar-refractivity contribution < 1.29 is 4.79 Å². The second-order valence-corrected chi connectivity index (χ2v) is 5.80. The lowest BCUT2D eigenvalue weighted by atomic mass is 10.1. The average Bonchev–Trinajstić information content (AvgIpc) is 2.42. The summed E-state index contributed by atoms with van der Waals surface area (Å²) in [6.45, 7) is 5.24. The molecule has 1 saturated heterocycles. The lowest BCUT2D eigenvalue weighted by Gasteiger charge is -2.29. The largest absolute Gasteiger partial charge is 0.334 e. The molecular weight excluding hydrogens is 274 g/mol. The molecule has 2 rings (SSSR count). The first kappa shape index (κ1) is 15.1. The van der Waals surface area contributed by atoms with Crippen molar-refractivity contribution in [1.29, 1.82) is 0 Å². The Balaban J connectivity index is 1.74. The van der Waals surface area contributed by atoms with E-state index in [0.717, 1.165) is 25.3 Å². The number of rotatable bonds is 4. The molecule has 0 spiro atoms. The van der Waals surface area contributed by atoms with Crippen molar-refractivity contribution in [3.8, 4) is 0 Å². The summed E-state index contributed by atoms with van der Waals surface area (Å²) in [5, 5.41) is 6.44. The number of hydrogen-bond acceptors (Lipinski definition) is 2. The standard InChI is InChI=1S/C15H22ClN3O/c1-12(11-19-9-3-2-4-10-19)17-15(20)18-14-7-5-13(16)6-8-14/h5-8,12H,2-4,9-11H2,1H3,(H2,17,18,20). The molecule has 1 aliphatic rings. The predicted molar refractivity (Wildman–Crippen MR) is 83.4 cm³/mol. The fraction of sp³-hybridized carbons (Fsp3) is 0.533. The molecule has 1 unspecified atom stereocenters. The zero-order chi connectivity index (χ0) is 14.4. The second kappa shape index (κ2) is 7.50. The summed E-state index contributed by atoms with van der Waals surface area (Å²) in [5.74, 6) is 0. The quantitative estimate of drug-likeness (QED) is 0.895. The summed E-state index contributed by atoms with van der Waals surface area (Å²) < 4.78 is 0. The molecule has 0 saturated carbocycles. The van der Waals surface area contributed by atoms with Crippen LogP contribution in [0.4, 0.5) is 10.5 Å². The monoisotopic (exact) mass is 295 g/mol. The van der Waals surface area contributed by atoms with Crippen LogP contribution in [0.15, 0.2) is 24.3 Å². The van der Waals surface area contributed by atoms with Crippen LogP contribution < -0.4 is 10.6 Å². The van der Waals surface area contributed by atoms with Gasteiger partial charge >= 0.3 is 6.03 Å². The highest BCUT2D eigenvalue weighted by Crippen LogP contribution is 2.13. The van der Waals surface area contributed by atoms with E-state index in [0.29, 0.717) is 5.02 Å². The van der Waals surface area contributed by atoms with Crippen molar-refractivity contribution in [1.82, 2.24) is 10.2 Å². The number of urea groups is 1. The summed E-state index contributed by atoms with van der Waals surface area (Å²) in [6, 6.07) is 7.06. The summed E-state index contributed by atoms with van der Waals surface area (Å²) in [4.78, 5) is 14.3. The molecule has 0 bridgehead atoms. The molecule has 0 radical (unpaired) electrons. The molecule has 0 aromatic heterocycles. The highest BCUT2D eigenvalue weighted by Gasteiger charge is 2.14. The Morgan fingerprint density at radius 1 is 1.25 bits per heavy atom. The van der Waals surface area contributed by atoms with Crippen LogP contribution in [0.2, 0.25) is 5.02 Å². The van der Waals surface area contributed by atoms with Crippen LogP contribution in [0.25, 0.3) is 0 Å². The Labute approximate surface area is 125 Å². The van der Waals surface area contributed by atoms with Crippen LogP contribution in [0.3, 0.4) is 0 Å². The Hall–Kier alpha value is -1.26. The van der Waals surface area contributed by atoms with Crippen LogP contribution in [0.1, 0.15) is 26.2 Å². The summed E-state index contributed by atoms with van der Waals surface area (Å²) in [6.07, 6.45) is 3.86. The topological polar surface area (TPSA) is 44.4 Å². The number of hydrogen-bond donors (Lipinski definition) is 2. The lowest BCUT2D eigenvalue weighted by molar-refractivity contribution is 0.206. The van der Waals surface area contributed by atoms with Crippen LogP contribution >= 0.6 is 11.6 Å². The van der Waals surface area contributed by atoms with Crippen LogP contribution in [0.5, 0.6) is 0 Å². The number of nitrogens with zero attached hydrogens (tertiary/aromatic N) is 1. The van der Waals surface area contributed by atoms with Gasteiger partial charge in [0.1, 0.15) is 0 Å². The summed E-state index contributed by atoms with van der Waals surface area (Å²) in [5.41, 5.74) is 0.747. The number of carbonyl (C=O) groups is 1. The summed E-state index contributed by atoms with van der Waals surface area (Å²) >= 11 is 5.81. The maximum absolute atomic E-state index is 11.9. The van der Waals surface area contributed by atoms with Gasteiger partial charge in [0, 0.05) is 23.3 Å². The van der Waals surface area contributed by atoms with Gasteiger partial charge < -0.3 is 15.5 Å². The third-order valence-electron chi connectivity index (χ3n) is 3.46. The van der Waals surface area contributed by atoms with Crippen molar-refractivity contribution in [2.45, 2.75) is 32.2 Å². The zero-order valence-corrected chi connectivity index (χ0v) is 12.6. The molecule has 1 fully saturated rings. The first-order valence-electron chi connectivity index (χ1n) is 7.19. The molecule has 20 heavy (non-hydrogen) atoms. The molecule has 0 aliphatic carbocycles. The van der Waals surface area contributed by atoms with Crippen molar-refractivity contribution in [2.75, 3.05) is 25.0 Å². The van der Waals surface area contributed by atoms with Crippen LogP contribution in [-0.4, -0.2) is 36.6 Å².